The van der Waals surface area contributed by atoms with Crippen LogP contribution >= 0.6 is 0 Å². The Bertz CT molecular complexity index is 500. The number of nitrogens with one attached hydrogen (secondary N) is 3. The van der Waals surface area contributed by atoms with Crippen LogP contribution in [0.3, 0.4) is 0 Å². The van der Waals surface area contributed by atoms with Gasteiger partial charge < -0.3 is 20.4 Å². The molecule has 0 bridgehead atoms. The zero-order valence-corrected chi connectivity index (χ0v) is 11.0. The quantitative estimate of drug-likeness (QED) is 0.592. The van der Waals surface area contributed by atoms with Crippen LogP contribution in [0.15, 0.2) is 12.5 Å². The van der Waals surface area contributed by atoms with Crippen molar-refractivity contribution in [1.82, 2.24) is 20.6 Å². The van der Waals surface area contributed by atoms with E-state index in [1.54, 1.807) is 6.20 Å². The Morgan fingerprint density at radius 3 is 2.95 bits per heavy atom. The number of hydrogen-bond acceptors (Lipinski definition) is 5. The standard InChI is InChI=1S/C12H16N4O4/c1-20-12(19)9(4-7-5-13-6-14-7)16-11(18)8-2-3-10(17)15-8/h5-6,8-9H,2-4H2,1H3,(H,13,14)(H,15,17)(H,16,18)/t8-,9-/m0/s1. The number of carbonyl (C=O) groups is 3. The molecule has 2 amide bonds. The van der Waals surface area contributed by atoms with Crippen LogP contribution in [-0.4, -0.2) is 46.9 Å². The van der Waals surface area contributed by atoms with Crippen LogP contribution in [0, 0.1) is 0 Å². The minimum absolute atomic E-state index is 0.160. The highest BCUT2D eigenvalue weighted by Crippen LogP contribution is 2.08. The van der Waals surface area contributed by atoms with Crippen LogP contribution in [0.4, 0.5) is 0 Å². The van der Waals surface area contributed by atoms with Crippen molar-refractivity contribution >= 4 is 17.8 Å². The number of amides is 2. The van der Waals surface area contributed by atoms with Gasteiger partial charge in [0, 0.05) is 19.0 Å². The van der Waals surface area contributed by atoms with Gasteiger partial charge in [-0.25, -0.2) is 9.78 Å². The molecule has 0 spiro atoms. The summed E-state index contributed by atoms with van der Waals surface area (Å²) in [5.41, 5.74) is 0.635. The number of esters is 1. The Morgan fingerprint density at radius 1 is 1.60 bits per heavy atom. The Labute approximate surface area is 115 Å². The molecular weight excluding hydrogens is 264 g/mol. The molecule has 1 aromatic heterocycles. The van der Waals surface area contributed by atoms with Crippen molar-refractivity contribution in [2.45, 2.75) is 31.3 Å². The van der Waals surface area contributed by atoms with Crippen LogP contribution in [0.25, 0.3) is 0 Å². The summed E-state index contributed by atoms with van der Waals surface area (Å²) in [5.74, 6) is -1.10. The first kappa shape index (κ1) is 14.0. The van der Waals surface area contributed by atoms with Crippen molar-refractivity contribution in [2.24, 2.45) is 0 Å². The molecule has 1 fully saturated rings. The first-order chi connectivity index (χ1) is 9.60. The van der Waals surface area contributed by atoms with Crippen molar-refractivity contribution in [1.29, 1.82) is 0 Å². The lowest BCUT2D eigenvalue weighted by molar-refractivity contribution is -0.145. The minimum Gasteiger partial charge on any atom is -0.467 e. The lowest BCUT2D eigenvalue weighted by Crippen LogP contribution is -2.50. The van der Waals surface area contributed by atoms with E-state index in [4.69, 9.17) is 0 Å². The highest BCUT2D eigenvalue weighted by Gasteiger charge is 2.31. The van der Waals surface area contributed by atoms with Crippen molar-refractivity contribution in [2.75, 3.05) is 7.11 Å². The summed E-state index contributed by atoms with van der Waals surface area (Å²) in [6.45, 7) is 0. The van der Waals surface area contributed by atoms with E-state index < -0.39 is 18.1 Å². The summed E-state index contributed by atoms with van der Waals surface area (Å²) in [5, 5.41) is 5.14. The largest absolute Gasteiger partial charge is 0.467 e. The summed E-state index contributed by atoms with van der Waals surface area (Å²) < 4.78 is 4.67. The van der Waals surface area contributed by atoms with E-state index in [0.29, 0.717) is 18.5 Å². The van der Waals surface area contributed by atoms with Gasteiger partial charge in [-0.05, 0) is 6.42 Å². The van der Waals surface area contributed by atoms with Crippen LogP contribution in [0.1, 0.15) is 18.5 Å². The number of rotatable bonds is 5. The molecule has 3 N–H and O–H groups in total. The van der Waals surface area contributed by atoms with Gasteiger partial charge in [-0.15, -0.1) is 0 Å². The summed E-state index contributed by atoms with van der Waals surface area (Å²) in [6, 6.07) is -1.41. The van der Waals surface area contributed by atoms with E-state index in [2.05, 4.69) is 25.3 Å². The molecule has 20 heavy (non-hydrogen) atoms. The molecule has 1 aliphatic heterocycles. The topological polar surface area (TPSA) is 113 Å². The molecule has 1 aliphatic rings. The van der Waals surface area contributed by atoms with Crippen molar-refractivity contribution in [3.63, 3.8) is 0 Å². The number of methoxy groups -OCH3 is 1. The van der Waals surface area contributed by atoms with Gasteiger partial charge in [0.05, 0.1) is 19.1 Å². The summed E-state index contributed by atoms with van der Waals surface area (Å²) in [7, 11) is 1.25. The molecule has 2 rings (SSSR count). The maximum Gasteiger partial charge on any atom is 0.328 e. The van der Waals surface area contributed by atoms with E-state index >= 15 is 0 Å². The third-order valence-corrected chi connectivity index (χ3v) is 3.08. The fraction of sp³-hybridized carbons (Fsp3) is 0.500. The van der Waals surface area contributed by atoms with Gasteiger partial charge in [0.1, 0.15) is 12.1 Å². The van der Waals surface area contributed by atoms with Gasteiger partial charge in [0.2, 0.25) is 11.8 Å². The second kappa shape index (κ2) is 6.18. The third-order valence-electron chi connectivity index (χ3n) is 3.08. The molecule has 1 aromatic rings. The predicted molar refractivity (Wildman–Crippen MR) is 67.4 cm³/mol. The van der Waals surface area contributed by atoms with E-state index in [1.165, 1.54) is 13.4 Å². The number of hydrogen-bond donors (Lipinski definition) is 3. The number of imidazole rings is 1. The maximum absolute atomic E-state index is 12.0. The molecular formula is C12H16N4O4. The Morgan fingerprint density at radius 2 is 2.40 bits per heavy atom. The van der Waals surface area contributed by atoms with Crippen molar-refractivity contribution in [3.8, 4) is 0 Å². The van der Waals surface area contributed by atoms with E-state index in [0.717, 1.165) is 0 Å². The number of ether oxygens (including phenoxy) is 1. The second-order valence-corrected chi connectivity index (χ2v) is 4.51. The minimum atomic E-state index is -0.826. The van der Waals surface area contributed by atoms with Gasteiger partial charge in [0.25, 0.3) is 0 Å². The molecule has 2 atom stereocenters. The fourth-order valence-corrected chi connectivity index (χ4v) is 2.03. The van der Waals surface area contributed by atoms with Gasteiger partial charge in [0.15, 0.2) is 0 Å². The van der Waals surface area contributed by atoms with Crippen LogP contribution < -0.4 is 10.6 Å². The van der Waals surface area contributed by atoms with E-state index in [9.17, 15) is 14.4 Å². The molecule has 0 unspecified atom stereocenters. The number of carbonyl (C=O) groups excluding carboxylic acids is 3. The van der Waals surface area contributed by atoms with Crippen LogP contribution in [0.2, 0.25) is 0 Å². The highest BCUT2D eigenvalue weighted by molar-refractivity contribution is 5.93. The summed E-state index contributed by atoms with van der Waals surface area (Å²) in [4.78, 5) is 41.6. The predicted octanol–water partition coefficient (Wildman–Crippen LogP) is -1.11. The van der Waals surface area contributed by atoms with Gasteiger partial charge in [-0.3, -0.25) is 9.59 Å². The normalized spacial score (nSPS) is 19.2. The first-order valence-electron chi connectivity index (χ1n) is 6.25. The molecule has 108 valence electrons. The maximum atomic E-state index is 12.0. The Hall–Kier alpha value is -2.38. The summed E-state index contributed by atoms with van der Waals surface area (Å²) in [6.07, 6.45) is 4.10. The van der Waals surface area contributed by atoms with E-state index in [1.807, 2.05) is 0 Å². The van der Waals surface area contributed by atoms with Gasteiger partial charge in [-0.2, -0.15) is 0 Å². The monoisotopic (exact) mass is 280 g/mol. The smallest absolute Gasteiger partial charge is 0.328 e. The molecule has 0 aromatic carbocycles. The van der Waals surface area contributed by atoms with Crippen molar-refractivity contribution in [3.05, 3.63) is 18.2 Å². The number of aromatic nitrogens is 2. The second-order valence-electron chi connectivity index (χ2n) is 4.51. The molecule has 0 saturated carbocycles. The fourth-order valence-electron chi connectivity index (χ4n) is 2.03. The summed E-state index contributed by atoms with van der Waals surface area (Å²) >= 11 is 0. The third kappa shape index (κ3) is 3.34. The zero-order valence-electron chi connectivity index (χ0n) is 11.0. The molecule has 0 radical (unpaired) electrons. The molecule has 1 saturated heterocycles. The van der Waals surface area contributed by atoms with E-state index in [-0.39, 0.29) is 18.2 Å². The molecule has 0 aliphatic carbocycles. The van der Waals surface area contributed by atoms with Gasteiger partial charge >= 0.3 is 5.97 Å². The highest BCUT2D eigenvalue weighted by atomic mass is 16.5. The average Bonchev–Trinajstić information content (AvgIpc) is 3.08. The lowest BCUT2D eigenvalue weighted by atomic mass is 10.1. The Kier molecular flexibility index (Phi) is 4.34. The SMILES string of the molecule is COC(=O)[C@H](Cc1c[nH]cn1)NC(=O)[C@@H]1CCC(=O)N1. The molecule has 2 heterocycles. The van der Waals surface area contributed by atoms with Gasteiger partial charge in [-0.1, -0.05) is 0 Å². The van der Waals surface area contributed by atoms with Crippen molar-refractivity contribution < 1.29 is 19.1 Å². The lowest BCUT2D eigenvalue weighted by Gasteiger charge is -2.18. The Balaban J connectivity index is 1.98. The average molecular weight is 280 g/mol. The number of aromatic amines is 1. The molecule has 8 nitrogen and oxygen atoms in total. The van der Waals surface area contributed by atoms with Crippen LogP contribution in [0.5, 0.6) is 0 Å². The first-order valence-corrected chi connectivity index (χ1v) is 6.25. The van der Waals surface area contributed by atoms with Crippen LogP contribution in [-0.2, 0) is 25.5 Å². The number of H-pyrrole nitrogens is 1. The molecule has 8 heteroatoms. The zero-order chi connectivity index (χ0) is 14.5. The number of nitrogens with zero attached hydrogens (tertiary/aromatic N) is 1.